The van der Waals surface area contributed by atoms with Gasteiger partial charge in [-0.05, 0) is 24.3 Å². The first kappa shape index (κ1) is 11.9. The molecule has 0 atom stereocenters. The predicted octanol–water partition coefficient (Wildman–Crippen LogP) is 2.33. The molecule has 0 bridgehead atoms. The maximum atomic E-state index is 5.90. The van der Waals surface area contributed by atoms with E-state index in [1.54, 1.807) is 17.6 Å². The van der Waals surface area contributed by atoms with Gasteiger partial charge >= 0.3 is 0 Å². The number of aromatic nitrogens is 1. The Morgan fingerprint density at radius 3 is 3.00 bits per heavy atom. The summed E-state index contributed by atoms with van der Waals surface area (Å²) in [7, 11) is 0. The molecule has 1 fully saturated rings. The van der Waals surface area contributed by atoms with Crippen LogP contribution in [-0.4, -0.2) is 29.0 Å². The number of hydrogen-bond donors (Lipinski definition) is 1. The average molecular weight is 263 g/mol. The van der Waals surface area contributed by atoms with E-state index in [-0.39, 0.29) is 0 Å². The van der Waals surface area contributed by atoms with Gasteiger partial charge in [-0.15, -0.1) is 11.3 Å². The number of nitrogens with zero attached hydrogens (tertiary/aromatic N) is 2. The lowest BCUT2D eigenvalue weighted by molar-refractivity contribution is 0.203. The van der Waals surface area contributed by atoms with E-state index in [0.717, 1.165) is 48.9 Å². The van der Waals surface area contributed by atoms with Gasteiger partial charge in [-0.1, -0.05) is 6.07 Å². The number of piperidine rings is 1. The van der Waals surface area contributed by atoms with Crippen LogP contribution >= 0.6 is 11.3 Å². The minimum absolute atomic E-state index is 0.375. The highest BCUT2D eigenvalue weighted by atomic mass is 32.1. The minimum atomic E-state index is 0.375. The molecule has 2 aromatic heterocycles. The van der Waals surface area contributed by atoms with Gasteiger partial charge in [0, 0.05) is 25.7 Å². The summed E-state index contributed by atoms with van der Waals surface area (Å²) < 4.78 is 5.52. The van der Waals surface area contributed by atoms with E-state index in [4.69, 9.17) is 10.2 Å². The first-order valence-electron chi connectivity index (χ1n) is 6.27. The topological polar surface area (TPSA) is 55.3 Å². The Bertz CT molecular complexity index is 486. The van der Waals surface area contributed by atoms with Crippen LogP contribution in [0.25, 0.3) is 10.8 Å². The molecule has 1 aliphatic rings. The summed E-state index contributed by atoms with van der Waals surface area (Å²) in [5, 5.41) is 2.03. The van der Waals surface area contributed by atoms with Crippen molar-refractivity contribution in [3.63, 3.8) is 0 Å². The largest absolute Gasteiger partial charge is 0.444 e. The van der Waals surface area contributed by atoms with Crippen LogP contribution in [0, 0.1) is 0 Å². The third-order valence-corrected chi connectivity index (χ3v) is 4.16. The zero-order valence-electron chi connectivity index (χ0n) is 10.2. The normalized spacial score (nSPS) is 18.3. The van der Waals surface area contributed by atoms with Gasteiger partial charge in [0.2, 0.25) is 5.89 Å². The van der Waals surface area contributed by atoms with Crippen molar-refractivity contribution < 1.29 is 4.42 Å². The quantitative estimate of drug-likeness (QED) is 0.923. The van der Waals surface area contributed by atoms with Crippen LogP contribution in [0.3, 0.4) is 0 Å². The van der Waals surface area contributed by atoms with Crippen molar-refractivity contribution in [2.75, 3.05) is 13.1 Å². The van der Waals surface area contributed by atoms with E-state index in [9.17, 15) is 0 Å². The lowest BCUT2D eigenvalue weighted by atomic mass is 10.1. The van der Waals surface area contributed by atoms with Crippen LogP contribution in [-0.2, 0) is 6.54 Å². The first-order chi connectivity index (χ1) is 8.81. The molecule has 0 amide bonds. The van der Waals surface area contributed by atoms with Gasteiger partial charge in [0.15, 0.2) is 0 Å². The van der Waals surface area contributed by atoms with Gasteiger partial charge < -0.3 is 10.2 Å². The zero-order valence-corrected chi connectivity index (χ0v) is 11.0. The molecule has 5 heteroatoms. The van der Waals surface area contributed by atoms with E-state index in [1.807, 2.05) is 17.5 Å². The lowest BCUT2D eigenvalue weighted by Crippen LogP contribution is -2.39. The van der Waals surface area contributed by atoms with Crippen molar-refractivity contribution in [2.45, 2.75) is 25.4 Å². The number of rotatable bonds is 3. The highest BCUT2D eigenvalue weighted by Gasteiger charge is 2.17. The second-order valence-corrected chi connectivity index (χ2v) is 5.68. The molecule has 2 N–H and O–H groups in total. The molecular formula is C13H17N3OS. The molecule has 1 saturated heterocycles. The molecule has 0 spiro atoms. The zero-order chi connectivity index (χ0) is 12.4. The van der Waals surface area contributed by atoms with Gasteiger partial charge in [0.1, 0.15) is 6.26 Å². The molecule has 96 valence electrons. The van der Waals surface area contributed by atoms with Crippen molar-refractivity contribution >= 4 is 11.3 Å². The van der Waals surface area contributed by atoms with Gasteiger partial charge in [-0.3, -0.25) is 4.90 Å². The molecule has 3 heterocycles. The number of thiophene rings is 1. The van der Waals surface area contributed by atoms with Crippen LogP contribution in [0.1, 0.15) is 18.5 Å². The van der Waals surface area contributed by atoms with Gasteiger partial charge in [-0.25, -0.2) is 4.98 Å². The van der Waals surface area contributed by atoms with Crippen molar-refractivity contribution in [1.29, 1.82) is 0 Å². The third-order valence-electron chi connectivity index (χ3n) is 3.30. The first-order valence-corrected chi connectivity index (χ1v) is 7.15. The van der Waals surface area contributed by atoms with Crippen molar-refractivity contribution in [2.24, 2.45) is 5.73 Å². The standard InChI is InChI=1S/C13H17N3OS/c14-10-3-5-16(6-4-10)8-11-9-17-13(15-11)12-2-1-7-18-12/h1-2,7,9-10H,3-6,8,14H2. The highest BCUT2D eigenvalue weighted by molar-refractivity contribution is 7.13. The van der Waals surface area contributed by atoms with Crippen molar-refractivity contribution in [1.82, 2.24) is 9.88 Å². The molecule has 0 unspecified atom stereocenters. The second-order valence-electron chi connectivity index (χ2n) is 4.73. The number of hydrogen-bond acceptors (Lipinski definition) is 5. The van der Waals surface area contributed by atoms with E-state index in [2.05, 4.69) is 9.88 Å². The van der Waals surface area contributed by atoms with Crippen molar-refractivity contribution in [3.05, 3.63) is 29.5 Å². The SMILES string of the molecule is NC1CCN(Cc2coc(-c3cccs3)n2)CC1. The van der Waals surface area contributed by atoms with E-state index in [1.165, 1.54) is 0 Å². The minimum Gasteiger partial charge on any atom is -0.444 e. The van der Waals surface area contributed by atoms with E-state index < -0.39 is 0 Å². The smallest absolute Gasteiger partial charge is 0.236 e. The fourth-order valence-electron chi connectivity index (χ4n) is 2.23. The van der Waals surface area contributed by atoms with Crippen LogP contribution in [0.15, 0.2) is 28.2 Å². The Morgan fingerprint density at radius 2 is 2.28 bits per heavy atom. The average Bonchev–Trinajstić information content (AvgIpc) is 3.02. The molecule has 2 aromatic rings. The van der Waals surface area contributed by atoms with Crippen LogP contribution in [0.2, 0.25) is 0 Å². The number of oxazole rings is 1. The summed E-state index contributed by atoms with van der Waals surface area (Å²) in [6.45, 7) is 2.98. The summed E-state index contributed by atoms with van der Waals surface area (Å²) in [5.74, 6) is 0.730. The Morgan fingerprint density at radius 1 is 1.44 bits per heavy atom. The van der Waals surface area contributed by atoms with Gasteiger partial charge in [0.25, 0.3) is 0 Å². The summed E-state index contributed by atoms with van der Waals surface area (Å²) in [5.41, 5.74) is 6.91. The lowest BCUT2D eigenvalue weighted by Gasteiger charge is -2.29. The Labute approximate surface area is 110 Å². The number of nitrogens with two attached hydrogens (primary N) is 1. The van der Waals surface area contributed by atoms with E-state index in [0.29, 0.717) is 6.04 Å². The van der Waals surface area contributed by atoms with Crippen LogP contribution in [0.4, 0.5) is 0 Å². The van der Waals surface area contributed by atoms with Crippen LogP contribution in [0.5, 0.6) is 0 Å². The molecule has 0 radical (unpaired) electrons. The monoisotopic (exact) mass is 263 g/mol. The Hall–Kier alpha value is -1.17. The molecule has 0 aliphatic carbocycles. The Balaban J connectivity index is 1.64. The summed E-state index contributed by atoms with van der Waals surface area (Å²) in [4.78, 5) is 8.01. The summed E-state index contributed by atoms with van der Waals surface area (Å²) >= 11 is 1.65. The van der Waals surface area contributed by atoms with Gasteiger partial charge in [0.05, 0.1) is 10.6 Å². The molecule has 1 aliphatic heterocycles. The summed E-state index contributed by atoms with van der Waals surface area (Å²) in [6, 6.07) is 4.41. The molecule has 18 heavy (non-hydrogen) atoms. The maximum absolute atomic E-state index is 5.90. The molecule has 0 aromatic carbocycles. The van der Waals surface area contributed by atoms with Gasteiger partial charge in [-0.2, -0.15) is 0 Å². The second kappa shape index (κ2) is 5.22. The Kier molecular flexibility index (Phi) is 3.45. The molecule has 3 rings (SSSR count). The maximum Gasteiger partial charge on any atom is 0.236 e. The highest BCUT2D eigenvalue weighted by Crippen LogP contribution is 2.24. The van der Waals surface area contributed by atoms with E-state index >= 15 is 0 Å². The molecule has 4 nitrogen and oxygen atoms in total. The summed E-state index contributed by atoms with van der Waals surface area (Å²) in [6.07, 6.45) is 3.93. The fourth-order valence-corrected chi connectivity index (χ4v) is 2.89. The predicted molar refractivity (Wildman–Crippen MR) is 72.3 cm³/mol. The third kappa shape index (κ3) is 2.63. The number of likely N-dealkylation sites (tertiary alicyclic amines) is 1. The molecule has 0 saturated carbocycles. The molecular weight excluding hydrogens is 246 g/mol. The fraction of sp³-hybridized carbons (Fsp3) is 0.462. The van der Waals surface area contributed by atoms with Crippen LogP contribution < -0.4 is 5.73 Å². The van der Waals surface area contributed by atoms with Crippen molar-refractivity contribution in [3.8, 4) is 10.8 Å².